The monoisotopic (exact) mass is 212 g/mol. The molecule has 0 radical (unpaired) electrons. The average Bonchev–Trinajstić information content (AvgIpc) is 2.26. The van der Waals surface area contributed by atoms with E-state index in [9.17, 15) is 4.79 Å². The van der Waals surface area contributed by atoms with Gasteiger partial charge in [-0.15, -0.1) is 0 Å². The molecule has 0 bridgehead atoms. The van der Waals surface area contributed by atoms with Crippen LogP contribution in [0.3, 0.4) is 0 Å². The predicted octanol–water partition coefficient (Wildman–Crippen LogP) is 1.78. The Balaban J connectivity index is 0.000000531. The van der Waals surface area contributed by atoms with Crippen LogP contribution in [0.5, 0.6) is 0 Å². The molecule has 2 rings (SSSR count). The molecule has 0 aliphatic carbocycles. The molecule has 88 valence electrons. The van der Waals surface area contributed by atoms with Crippen LogP contribution in [-0.2, 0) is 4.79 Å². The maximum absolute atomic E-state index is 11.3. The van der Waals surface area contributed by atoms with E-state index in [0.717, 1.165) is 38.8 Å². The van der Waals surface area contributed by atoms with E-state index < -0.39 is 0 Å². The number of likely N-dealkylation sites (tertiary alicyclic amines) is 1. The van der Waals surface area contributed by atoms with E-state index in [0.29, 0.717) is 0 Å². The zero-order valence-corrected chi connectivity index (χ0v) is 10.3. The average molecular weight is 212 g/mol. The van der Waals surface area contributed by atoms with Crippen molar-refractivity contribution in [1.82, 2.24) is 10.2 Å². The van der Waals surface area contributed by atoms with Crippen LogP contribution in [0.25, 0.3) is 0 Å². The van der Waals surface area contributed by atoms with Gasteiger partial charge in [0.25, 0.3) is 0 Å². The van der Waals surface area contributed by atoms with Crippen LogP contribution >= 0.6 is 0 Å². The van der Waals surface area contributed by atoms with E-state index in [1.54, 1.807) is 0 Å². The Morgan fingerprint density at radius 1 is 1.20 bits per heavy atom. The summed E-state index contributed by atoms with van der Waals surface area (Å²) in [7, 11) is 2.15. The summed E-state index contributed by atoms with van der Waals surface area (Å²) in [5, 5.41) is 3.19. The summed E-state index contributed by atoms with van der Waals surface area (Å²) in [6.45, 7) is 6.25. The first kappa shape index (κ1) is 12.5. The molecule has 1 N–H and O–H groups in total. The molecule has 0 aromatic rings. The Morgan fingerprint density at radius 2 is 1.80 bits per heavy atom. The molecule has 1 spiro atoms. The summed E-state index contributed by atoms with van der Waals surface area (Å²) >= 11 is 0. The molecule has 2 fully saturated rings. The lowest BCUT2D eigenvalue weighted by Gasteiger charge is -2.43. The summed E-state index contributed by atoms with van der Waals surface area (Å²) in [5.74, 6) is 0.260. The van der Waals surface area contributed by atoms with E-state index in [2.05, 4.69) is 17.3 Å². The van der Waals surface area contributed by atoms with Crippen molar-refractivity contribution < 1.29 is 4.79 Å². The molecule has 0 aromatic carbocycles. The van der Waals surface area contributed by atoms with Crippen LogP contribution in [0, 0.1) is 0 Å². The SMILES string of the molecule is CC.CN1CCC2(CCCC(=O)N2)CC1. The van der Waals surface area contributed by atoms with Crippen molar-refractivity contribution in [2.45, 2.75) is 51.5 Å². The summed E-state index contributed by atoms with van der Waals surface area (Å²) in [6.07, 6.45) is 5.27. The number of piperidine rings is 2. The predicted molar refractivity (Wildman–Crippen MR) is 62.8 cm³/mol. The van der Waals surface area contributed by atoms with Gasteiger partial charge in [0.05, 0.1) is 0 Å². The first-order valence-electron chi connectivity index (χ1n) is 6.20. The smallest absolute Gasteiger partial charge is 0.220 e. The van der Waals surface area contributed by atoms with E-state index in [1.807, 2.05) is 13.8 Å². The third-order valence-corrected chi connectivity index (χ3v) is 3.41. The van der Waals surface area contributed by atoms with Crippen LogP contribution in [0.1, 0.15) is 46.0 Å². The first-order valence-corrected chi connectivity index (χ1v) is 6.20. The molecule has 1 amide bonds. The molecule has 2 heterocycles. The second-order valence-electron chi connectivity index (χ2n) is 4.49. The summed E-state index contributed by atoms with van der Waals surface area (Å²) in [4.78, 5) is 13.6. The van der Waals surface area contributed by atoms with Gasteiger partial charge in [0, 0.05) is 25.0 Å². The van der Waals surface area contributed by atoms with E-state index in [4.69, 9.17) is 0 Å². The van der Waals surface area contributed by atoms with E-state index >= 15 is 0 Å². The Labute approximate surface area is 93.2 Å². The highest BCUT2D eigenvalue weighted by molar-refractivity contribution is 5.77. The molecule has 3 heteroatoms. The van der Waals surface area contributed by atoms with Crippen molar-refractivity contribution in [2.24, 2.45) is 0 Å². The van der Waals surface area contributed by atoms with Gasteiger partial charge in [-0.25, -0.2) is 0 Å². The lowest BCUT2D eigenvalue weighted by atomic mass is 9.80. The quantitative estimate of drug-likeness (QED) is 0.664. The van der Waals surface area contributed by atoms with Crippen molar-refractivity contribution in [3.05, 3.63) is 0 Å². The number of hydrogen-bond acceptors (Lipinski definition) is 2. The van der Waals surface area contributed by atoms with Gasteiger partial charge in [-0.1, -0.05) is 13.8 Å². The molecular weight excluding hydrogens is 188 g/mol. The first-order chi connectivity index (χ1) is 7.20. The fourth-order valence-corrected chi connectivity index (χ4v) is 2.43. The molecule has 0 atom stereocenters. The van der Waals surface area contributed by atoms with Crippen LogP contribution in [0.15, 0.2) is 0 Å². The van der Waals surface area contributed by atoms with Crippen molar-refractivity contribution in [1.29, 1.82) is 0 Å². The van der Waals surface area contributed by atoms with Gasteiger partial charge in [-0.2, -0.15) is 0 Å². The number of hydrogen-bond donors (Lipinski definition) is 1. The van der Waals surface area contributed by atoms with Gasteiger partial charge in [0.15, 0.2) is 0 Å². The molecule has 0 saturated carbocycles. The lowest BCUT2D eigenvalue weighted by Crippen LogP contribution is -2.56. The normalized spacial score (nSPS) is 25.4. The summed E-state index contributed by atoms with van der Waals surface area (Å²) in [6, 6.07) is 0. The van der Waals surface area contributed by atoms with Gasteiger partial charge in [-0.3, -0.25) is 4.79 Å². The molecule has 15 heavy (non-hydrogen) atoms. The number of nitrogens with one attached hydrogen (secondary N) is 1. The Kier molecular flexibility index (Phi) is 4.58. The Hall–Kier alpha value is -0.570. The van der Waals surface area contributed by atoms with Crippen LogP contribution < -0.4 is 5.32 Å². The number of rotatable bonds is 0. The number of carbonyl (C=O) groups is 1. The highest BCUT2D eigenvalue weighted by Gasteiger charge is 2.36. The minimum atomic E-state index is 0.168. The van der Waals surface area contributed by atoms with Crippen LogP contribution in [0.2, 0.25) is 0 Å². The van der Waals surface area contributed by atoms with Crippen molar-refractivity contribution in [3.8, 4) is 0 Å². The summed E-state index contributed by atoms with van der Waals surface area (Å²) in [5.41, 5.74) is 0.168. The molecule has 3 nitrogen and oxygen atoms in total. The fraction of sp³-hybridized carbons (Fsp3) is 0.917. The standard InChI is InChI=1S/C10H18N2O.C2H6/c1-12-7-5-10(6-8-12)4-2-3-9(13)11-10;1-2/h2-8H2,1H3,(H,11,13);1-2H3. The van der Waals surface area contributed by atoms with Gasteiger partial charge >= 0.3 is 0 Å². The third-order valence-electron chi connectivity index (χ3n) is 3.41. The topological polar surface area (TPSA) is 32.3 Å². The minimum Gasteiger partial charge on any atom is -0.351 e. The van der Waals surface area contributed by atoms with Crippen LogP contribution in [-0.4, -0.2) is 36.5 Å². The zero-order chi connectivity index (χ0) is 11.3. The maximum atomic E-state index is 11.3. The van der Waals surface area contributed by atoms with Crippen molar-refractivity contribution in [3.63, 3.8) is 0 Å². The third kappa shape index (κ3) is 3.20. The zero-order valence-electron chi connectivity index (χ0n) is 10.3. The number of amides is 1. The summed E-state index contributed by atoms with van der Waals surface area (Å²) < 4.78 is 0. The van der Waals surface area contributed by atoms with Gasteiger partial charge in [-0.05, 0) is 32.7 Å². The highest BCUT2D eigenvalue weighted by atomic mass is 16.1. The number of nitrogens with zero attached hydrogens (tertiary/aromatic N) is 1. The number of carbonyl (C=O) groups excluding carboxylic acids is 1. The molecule has 0 unspecified atom stereocenters. The van der Waals surface area contributed by atoms with Crippen molar-refractivity contribution >= 4 is 5.91 Å². The molecule has 2 aliphatic rings. The van der Waals surface area contributed by atoms with E-state index in [-0.39, 0.29) is 11.4 Å². The van der Waals surface area contributed by atoms with Gasteiger partial charge < -0.3 is 10.2 Å². The molecule has 2 aliphatic heterocycles. The van der Waals surface area contributed by atoms with Gasteiger partial charge in [0.2, 0.25) is 5.91 Å². The maximum Gasteiger partial charge on any atom is 0.220 e. The fourth-order valence-electron chi connectivity index (χ4n) is 2.43. The highest BCUT2D eigenvalue weighted by Crippen LogP contribution is 2.30. The van der Waals surface area contributed by atoms with E-state index in [1.165, 1.54) is 6.42 Å². The Morgan fingerprint density at radius 3 is 2.33 bits per heavy atom. The van der Waals surface area contributed by atoms with Crippen LogP contribution in [0.4, 0.5) is 0 Å². The molecule has 0 aromatic heterocycles. The minimum absolute atomic E-state index is 0.168. The molecule has 2 saturated heterocycles. The second-order valence-corrected chi connectivity index (χ2v) is 4.49. The second kappa shape index (κ2) is 5.50. The molecular formula is C12H24N2O. The van der Waals surface area contributed by atoms with Gasteiger partial charge in [0.1, 0.15) is 0 Å². The largest absolute Gasteiger partial charge is 0.351 e. The Bertz CT molecular complexity index is 208. The van der Waals surface area contributed by atoms with Crippen molar-refractivity contribution in [2.75, 3.05) is 20.1 Å². The lowest BCUT2D eigenvalue weighted by molar-refractivity contribution is -0.126.